The van der Waals surface area contributed by atoms with Crippen LogP contribution in [0.4, 0.5) is 26.2 Å². The summed E-state index contributed by atoms with van der Waals surface area (Å²) in [5.41, 5.74) is 7.36. The number of nitrogen functional groups attached to an aromatic ring is 1. The molecule has 0 saturated carbocycles. The number of carbonyl (C=O) groups is 3. The average molecular weight is 444 g/mol. The number of anilines is 3. The summed E-state index contributed by atoms with van der Waals surface area (Å²) in [6.07, 6.45) is 0.363. The normalized spacial score (nSPS) is 17.7. The first-order valence-corrected chi connectivity index (χ1v) is 10.8. The smallest absolute Gasteiger partial charge is 0.414 e. The maximum Gasteiger partial charge on any atom is 0.414 e. The highest BCUT2D eigenvalue weighted by molar-refractivity contribution is 8.00. The van der Waals surface area contributed by atoms with Crippen molar-refractivity contribution >= 4 is 46.7 Å². The monoisotopic (exact) mass is 444 g/mol. The fraction of sp³-hybridized carbons (Fsp3) is 0.286. The molecule has 0 radical (unpaired) electrons. The molecule has 0 bridgehead atoms. The van der Waals surface area contributed by atoms with Gasteiger partial charge in [0.2, 0.25) is 5.91 Å². The lowest BCUT2D eigenvalue weighted by Gasteiger charge is -2.20. The van der Waals surface area contributed by atoms with E-state index in [-0.39, 0.29) is 23.3 Å². The zero-order valence-electron chi connectivity index (χ0n) is 16.5. The van der Waals surface area contributed by atoms with Crippen molar-refractivity contribution in [2.45, 2.75) is 23.8 Å². The zero-order chi connectivity index (χ0) is 22.0. The standard InChI is InChI=1S/C21H21FN4O4S/c22-12-3-5-16(23)15(8-12)20(28)24-7-1-2-14-10-26(21(29)30-14)13-4-6-18-17(9-13)25-19(27)11-31-18/h3-6,8-9,14H,1-2,7,10-11,23H2,(H,24,28)(H,25,27). The van der Waals surface area contributed by atoms with Crippen LogP contribution in [0.3, 0.4) is 0 Å². The second-order valence-electron chi connectivity index (χ2n) is 7.26. The maximum absolute atomic E-state index is 13.3. The van der Waals surface area contributed by atoms with E-state index in [1.54, 1.807) is 6.07 Å². The molecule has 4 rings (SSSR count). The molecule has 2 aromatic rings. The predicted octanol–water partition coefficient (Wildman–Crippen LogP) is 2.99. The number of nitrogens with zero attached hydrogens (tertiary/aromatic N) is 1. The molecule has 4 N–H and O–H groups in total. The van der Waals surface area contributed by atoms with Crippen molar-refractivity contribution in [2.24, 2.45) is 0 Å². The van der Waals surface area contributed by atoms with Crippen molar-refractivity contribution in [3.05, 3.63) is 47.8 Å². The minimum absolute atomic E-state index is 0.0708. The summed E-state index contributed by atoms with van der Waals surface area (Å²) in [5, 5.41) is 5.51. The van der Waals surface area contributed by atoms with E-state index < -0.39 is 17.8 Å². The van der Waals surface area contributed by atoms with E-state index in [1.165, 1.54) is 28.8 Å². The van der Waals surface area contributed by atoms with Gasteiger partial charge in [-0.1, -0.05) is 0 Å². The molecular formula is C21H21FN4O4S. The summed E-state index contributed by atoms with van der Waals surface area (Å²) < 4.78 is 18.7. The van der Waals surface area contributed by atoms with Crippen LogP contribution in [0.15, 0.2) is 41.3 Å². The third kappa shape index (κ3) is 4.74. The van der Waals surface area contributed by atoms with Gasteiger partial charge < -0.3 is 21.1 Å². The van der Waals surface area contributed by atoms with Gasteiger partial charge in [-0.05, 0) is 49.2 Å². The van der Waals surface area contributed by atoms with Gasteiger partial charge in [-0.15, -0.1) is 11.8 Å². The first kappa shape index (κ1) is 21.0. The number of nitrogens with two attached hydrogens (primary N) is 1. The molecule has 3 amide bonds. The van der Waals surface area contributed by atoms with Gasteiger partial charge in [0.25, 0.3) is 5.91 Å². The molecule has 2 heterocycles. The second-order valence-corrected chi connectivity index (χ2v) is 8.28. The van der Waals surface area contributed by atoms with E-state index in [0.29, 0.717) is 43.1 Å². The van der Waals surface area contributed by atoms with Gasteiger partial charge in [0.05, 0.1) is 23.5 Å². The summed E-state index contributed by atoms with van der Waals surface area (Å²) >= 11 is 1.46. The lowest BCUT2D eigenvalue weighted by Crippen LogP contribution is -2.27. The van der Waals surface area contributed by atoms with Gasteiger partial charge in [0, 0.05) is 22.8 Å². The Morgan fingerprint density at radius 2 is 2.13 bits per heavy atom. The molecular weight excluding hydrogens is 423 g/mol. The number of hydrogen-bond acceptors (Lipinski definition) is 6. The number of fused-ring (bicyclic) bond motifs is 1. The fourth-order valence-electron chi connectivity index (χ4n) is 3.47. The van der Waals surface area contributed by atoms with Crippen molar-refractivity contribution in [1.29, 1.82) is 0 Å². The van der Waals surface area contributed by atoms with E-state index in [4.69, 9.17) is 10.5 Å². The molecule has 162 valence electrons. The number of amides is 3. The van der Waals surface area contributed by atoms with E-state index in [0.717, 1.165) is 11.0 Å². The maximum atomic E-state index is 13.3. The summed E-state index contributed by atoms with van der Waals surface area (Å²) in [5.74, 6) is -0.671. The Morgan fingerprint density at radius 3 is 2.97 bits per heavy atom. The van der Waals surface area contributed by atoms with Crippen LogP contribution < -0.4 is 21.3 Å². The highest BCUT2D eigenvalue weighted by Gasteiger charge is 2.32. The van der Waals surface area contributed by atoms with Crippen LogP contribution in [-0.2, 0) is 9.53 Å². The minimum atomic E-state index is -0.530. The van der Waals surface area contributed by atoms with Gasteiger partial charge >= 0.3 is 6.09 Å². The Hall–Kier alpha value is -3.27. The number of hydrogen-bond donors (Lipinski definition) is 3. The molecule has 2 aliphatic heterocycles. The fourth-order valence-corrected chi connectivity index (χ4v) is 4.26. The van der Waals surface area contributed by atoms with Gasteiger partial charge in [-0.2, -0.15) is 0 Å². The Balaban J connectivity index is 1.28. The highest BCUT2D eigenvalue weighted by Crippen LogP contribution is 2.35. The van der Waals surface area contributed by atoms with Crippen LogP contribution in [0.2, 0.25) is 0 Å². The molecule has 1 fully saturated rings. The summed E-state index contributed by atoms with van der Waals surface area (Å²) in [6.45, 7) is 0.717. The van der Waals surface area contributed by atoms with Crippen molar-refractivity contribution in [3.8, 4) is 0 Å². The lowest BCUT2D eigenvalue weighted by atomic mass is 10.1. The van der Waals surface area contributed by atoms with Crippen molar-refractivity contribution < 1.29 is 23.5 Å². The van der Waals surface area contributed by atoms with Crippen molar-refractivity contribution in [1.82, 2.24) is 5.32 Å². The Bertz CT molecular complexity index is 1050. The van der Waals surface area contributed by atoms with Crippen LogP contribution in [0.5, 0.6) is 0 Å². The van der Waals surface area contributed by atoms with Crippen molar-refractivity contribution in [2.75, 3.05) is 34.8 Å². The van der Waals surface area contributed by atoms with Crippen molar-refractivity contribution in [3.63, 3.8) is 0 Å². The number of nitrogens with one attached hydrogen (secondary N) is 2. The molecule has 1 saturated heterocycles. The van der Waals surface area contributed by atoms with Crippen LogP contribution in [0.1, 0.15) is 23.2 Å². The van der Waals surface area contributed by atoms with E-state index in [2.05, 4.69) is 10.6 Å². The molecule has 0 spiro atoms. The third-order valence-corrected chi connectivity index (χ3v) is 6.10. The highest BCUT2D eigenvalue weighted by atomic mass is 32.2. The largest absolute Gasteiger partial charge is 0.444 e. The number of thioether (sulfide) groups is 1. The molecule has 1 atom stereocenters. The molecule has 2 aromatic carbocycles. The van der Waals surface area contributed by atoms with Gasteiger partial charge in [-0.3, -0.25) is 14.5 Å². The molecule has 1 unspecified atom stereocenters. The first-order valence-electron chi connectivity index (χ1n) is 9.79. The average Bonchev–Trinajstić information content (AvgIpc) is 3.12. The number of ether oxygens (including phenoxy) is 1. The van der Waals surface area contributed by atoms with E-state index in [9.17, 15) is 18.8 Å². The Kier molecular flexibility index (Phi) is 5.99. The number of benzene rings is 2. The van der Waals surface area contributed by atoms with Gasteiger partial charge in [-0.25, -0.2) is 9.18 Å². The number of halogens is 1. The van der Waals surface area contributed by atoms with Crippen LogP contribution in [0, 0.1) is 5.82 Å². The van der Waals surface area contributed by atoms with E-state index in [1.807, 2.05) is 12.1 Å². The van der Waals surface area contributed by atoms with Gasteiger partial charge in [0.1, 0.15) is 11.9 Å². The van der Waals surface area contributed by atoms with Crippen LogP contribution in [-0.4, -0.2) is 42.9 Å². The summed E-state index contributed by atoms with van der Waals surface area (Å²) in [4.78, 5) is 38.6. The van der Waals surface area contributed by atoms with E-state index >= 15 is 0 Å². The molecule has 31 heavy (non-hydrogen) atoms. The summed E-state index contributed by atoms with van der Waals surface area (Å²) in [6, 6.07) is 9.12. The Labute approximate surface area is 182 Å². The molecule has 10 heteroatoms. The molecule has 8 nitrogen and oxygen atoms in total. The predicted molar refractivity (Wildman–Crippen MR) is 116 cm³/mol. The quantitative estimate of drug-likeness (QED) is 0.466. The van der Waals surface area contributed by atoms with Gasteiger partial charge in [0.15, 0.2) is 0 Å². The number of rotatable bonds is 6. The number of cyclic esters (lactones) is 1. The van der Waals surface area contributed by atoms with Crippen LogP contribution in [0.25, 0.3) is 0 Å². The lowest BCUT2D eigenvalue weighted by molar-refractivity contribution is -0.113. The molecule has 0 aliphatic carbocycles. The SMILES string of the molecule is Nc1ccc(F)cc1C(=O)NCCCC1CN(c2ccc3c(c2)NC(=O)CS3)C(=O)O1. The number of carbonyl (C=O) groups excluding carboxylic acids is 3. The molecule has 2 aliphatic rings. The topological polar surface area (TPSA) is 114 Å². The minimum Gasteiger partial charge on any atom is -0.444 e. The molecule has 0 aromatic heterocycles. The van der Waals surface area contributed by atoms with Crippen LogP contribution >= 0.6 is 11.8 Å². The second kappa shape index (κ2) is 8.84. The zero-order valence-corrected chi connectivity index (χ0v) is 17.3. The third-order valence-electron chi connectivity index (χ3n) is 5.03. The Morgan fingerprint density at radius 1 is 1.29 bits per heavy atom. The first-order chi connectivity index (χ1) is 14.9. The summed E-state index contributed by atoms with van der Waals surface area (Å²) in [7, 11) is 0.